The van der Waals surface area contributed by atoms with Crippen LogP contribution in [0.5, 0.6) is 5.75 Å². The molecule has 1 amide bonds. The van der Waals surface area contributed by atoms with Crippen molar-refractivity contribution in [2.75, 3.05) is 18.1 Å². The highest BCUT2D eigenvalue weighted by molar-refractivity contribution is 7.90. The number of anilines is 1. The van der Waals surface area contributed by atoms with Gasteiger partial charge in [0.2, 0.25) is 5.91 Å². The van der Waals surface area contributed by atoms with Crippen molar-refractivity contribution < 1.29 is 18.3 Å². The molecule has 1 atom stereocenters. The molecule has 0 aliphatic rings. The number of hydrogen-bond acceptors (Lipinski definition) is 5. The zero-order chi connectivity index (χ0) is 15.5. The zero-order valence-corrected chi connectivity index (χ0v) is 12.6. The molecule has 0 spiro atoms. The molecule has 0 heterocycles. The van der Waals surface area contributed by atoms with Gasteiger partial charge in [-0.2, -0.15) is 0 Å². The molecule has 0 saturated carbocycles. The number of hydrogen-bond donors (Lipinski definition) is 3. The molecular formula is C13H20N2O4S. The number of aromatic hydroxyl groups is 1. The van der Waals surface area contributed by atoms with E-state index in [1.54, 1.807) is 0 Å². The normalized spacial score (nSPS) is 13.2. The molecule has 6 nitrogen and oxygen atoms in total. The molecule has 0 radical (unpaired) electrons. The Morgan fingerprint density at radius 3 is 2.45 bits per heavy atom. The number of carbonyl (C=O) groups excluding carboxylic acids is 1. The predicted octanol–water partition coefficient (Wildman–Crippen LogP) is 0.965. The highest BCUT2D eigenvalue weighted by atomic mass is 32.2. The summed E-state index contributed by atoms with van der Waals surface area (Å²) < 4.78 is 22.9. The smallest absolute Gasteiger partial charge is 0.229 e. The van der Waals surface area contributed by atoms with Crippen LogP contribution < -0.4 is 11.1 Å². The van der Waals surface area contributed by atoms with Gasteiger partial charge in [-0.15, -0.1) is 0 Å². The molecule has 4 N–H and O–H groups in total. The van der Waals surface area contributed by atoms with Gasteiger partial charge in [-0.05, 0) is 24.1 Å². The quantitative estimate of drug-likeness (QED) is 0.702. The first-order valence-corrected chi connectivity index (χ1v) is 8.10. The van der Waals surface area contributed by atoms with Gasteiger partial charge in [0.25, 0.3) is 0 Å². The van der Waals surface area contributed by atoms with Crippen molar-refractivity contribution in [2.24, 2.45) is 17.6 Å². The monoisotopic (exact) mass is 300 g/mol. The minimum absolute atomic E-state index is 0.0273. The lowest BCUT2D eigenvalue weighted by atomic mass is 9.95. The van der Waals surface area contributed by atoms with E-state index < -0.39 is 15.8 Å². The number of benzene rings is 1. The molecule has 0 bridgehead atoms. The summed E-state index contributed by atoms with van der Waals surface area (Å²) in [4.78, 5) is 12.1. The van der Waals surface area contributed by atoms with Gasteiger partial charge in [0.05, 0.1) is 16.5 Å². The van der Waals surface area contributed by atoms with Crippen molar-refractivity contribution in [1.29, 1.82) is 0 Å². The summed E-state index contributed by atoms with van der Waals surface area (Å²) in [6.45, 7) is 3.91. The van der Waals surface area contributed by atoms with E-state index in [9.17, 15) is 18.3 Å². The van der Waals surface area contributed by atoms with Crippen molar-refractivity contribution in [3.8, 4) is 5.75 Å². The summed E-state index contributed by atoms with van der Waals surface area (Å²) in [7, 11) is -3.41. The summed E-state index contributed by atoms with van der Waals surface area (Å²) in [6.07, 6.45) is 1.06. The van der Waals surface area contributed by atoms with Crippen LogP contribution in [0.2, 0.25) is 0 Å². The third-order valence-electron chi connectivity index (χ3n) is 3.05. The Morgan fingerprint density at radius 2 is 2.00 bits per heavy atom. The molecule has 0 saturated heterocycles. The van der Waals surface area contributed by atoms with Crippen molar-refractivity contribution in [3.05, 3.63) is 18.2 Å². The largest absolute Gasteiger partial charge is 0.506 e. The van der Waals surface area contributed by atoms with Gasteiger partial charge in [-0.25, -0.2) is 8.42 Å². The first-order chi connectivity index (χ1) is 9.16. The summed E-state index contributed by atoms with van der Waals surface area (Å²) in [5, 5.41) is 12.2. The fourth-order valence-electron chi connectivity index (χ4n) is 1.75. The van der Waals surface area contributed by atoms with Crippen LogP contribution in [0.15, 0.2) is 23.1 Å². The van der Waals surface area contributed by atoms with Crippen molar-refractivity contribution in [1.82, 2.24) is 0 Å². The van der Waals surface area contributed by atoms with Gasteiger partial charge < -0.3 is 16.2 Å². The molecule has 1 unspecified atom stereocenters. The first kappa shape index (κ1) is 16.5. The molecule has 1 aromatic carbocycles. The molecule has 0 aliphatic carbocycles. The molecule has 0 aliphatic heterocycles. The van der Waals surface area contributed by atoms with Crippen LogP contribution in [-0.4, -0.2) is 32.2 Å². The maximum absolute atomic E-state index is 12.0. The van der Waals surface area contributed by atoms with Gasteiger partial charge in [0.1, 0.15) is 5.75 Å². The number of phenolic OH excluding ortho intramolecular Hbond substituents is 1. The number of rotatable bonds is 5. The van der Waals surface area contributed by atoms with Gasteiger partial charge >= 0.3 is 0 Å². The van der Waals surface area contributed by atoms with Crippen LogP contribution in [0.25, 0.3) is 0 Å². The number of carbonyl (C=O) groups is 1. The van der Waals surface area contributed by atoms with Gasteiger partial charge in [-0.3, -0.25) is 4.79 Å². The Kier molecular flexibility index (Phi) is 5.13. The second kappa shape index (κ2) is 6.23. The van der Waals surface area contributed by atoms with E-state index in [-0.39, 0.29) is 34.7 Å². The molecular weight excluding hydrogens is 280 g/mol. The van der Waals surface area contributed by atoms with Crippen LogP contribution in [0.3, 0.4) is 0 Å². The lowest BCUT2D eigenvalue weighted by Crippen LogP contribution is -2.33. The van der Waals surface area contributed by atoms with E-state index >= 15 is 0 Å². The van der Waals surface area contributed by atoms with Crippen LogP contribution in [0.1, 0.15) is 13.8 Å². The number of nitrogens with one attached hydrogen (secondary N) is 1. The summed E-state index contributed by atoms with van der Waals surface area (Å²) in [5.74, 6) is -0.898. The fraction of sp³-hybridized carbons (Fsp3) is 0.462. The molecule has 112 valence electrons. The molecule has 7 heteroatoms. The third-order valence-corrected chi connectivity index (χ3v) is 4.16. The Labute approximate surface area is 118 Å². The SMILES string of the molecule is CC(C)C(CN)C(=O)Nc1cc(S(C)(=O)=O)ccc1O. The minimum atomic E-state index is -3.41. The highest BCUT2D eigenvalue weighted by Crippen LogP contribution is 2.27. The Bertz CT molecular complexity index is 596. The maximum atomic E-state index is 12.0. The third kappa shape index (κ3) is 3.94. The van der Waals surface area contributed by atoms with E-state index in [4.69, 9.17) is 5.73 Å². The second-order valence-electron chi connectivity index (χ2n) is 5.03. The maximum Gasteiger partial charge on any atom is 0.229 e. The number of phenols is 1. The lowest BCUT2D eigenvalue weighted by Gasteiger charge is -2.18. The average Bonchev–Trinajstić information content (AvgIpc) is 2.30. The molecule has 0 fully saturated rings. The number of sulfone groups is 1. The van der Waals surface area contributed by atoms with Crippen LogP contribution in [0.4, 0.5) is 5.69 Å². The lowest BCUT2D eigenvalue weighted by molar-refractivity contribution is -0.120. The first-order valence-electron chi connectivity index (χ1n) is 6.20. The topological polar surface area (TPSA) is 109 Å². The van der Waals surface area contributed by atoms with Gasteiger partial charge in [-0.1, -0.05) is 13.8 Å². The summed E-state index contributed by atoms with van der Waals surface area (Å²) >= 11 is 0. The Morgan fingerprint density at radius 1 is 1.40 bits per heavy atom. The van der Waals surface area contributed by atoms with Crippen LogP contribution in [0, 0.1) is 11.8 Å². The second-order valence-corrected chi connectivity index (χ2v) is 7.04. The summed E-state index contributed by atoms with van der Waals surface area (Å²) in [6, 6.07) is 3.75. The van der Waals surface area contributed by atoms with Gasteiger partial charge in [0.15, 0.2) is 9.84 Å². The molecule has 1 aromatic rings. The summed E-state index contributed by atoms with van der Waals surface area (Å²) in [5.41, 5.74) is 5.61. The molecule has 0 aromatic heterocycles. The minimum Gasteiger partial charge on any atom is -0.506 e. The van der Waals surface area contributed by atoms with E-state index in [1.807, 2.05) is 13.8 Å². The standard InChI is InChI=1S/C13H20N2O4S/c1-8(2)10(7-14)13(17)15-11-6-9(20(3,18)19)4-5-12(11)16/h4-6,8,10,16H,7,14H2,1-3H3,(H,15,17). The zero-order valence-electron chi connectivity index (χ0n) is 11.8. The Hall–Kier alpha value is -1.60. The predicted molar refractivity (Wildman–Crippen MR) is 77.2 cm³/mol. The van der Waals surface area contributed by atoms with E-state index in [0.717, 1.165) is 6.26 Å². The van der Waals surface area contributed by atoms with E-state index in [2.05, 4.69) is 5.32 Å². The Balaban J connectivity index is 3.06. The average molecular weight is 300 g/mol. The van der Waals surface area contributed by atoms with Crippen LogP contribution >= 0.6 is 0 Å². The highest BCUT2D eigenvalue weighted by Gasteiger charge is 2.22. The van der Waals surface area contributed by atoms with Crippen molar-refractivity contribution >= 4 is 21.4 Å². The van der Waals surface area contributed by atoms with Crippen LogP contribution in [-0.2, 0) is 14.6 Å². The van der Waals surface area contributed by atoms with Crippen molar-refractivity contribution in [2.45, 2.75) is 18.7 Å². The molecule has 1 rings (SSSR count). The number of nitrogens with two attached hydrogens (primary N) is 1. The van der Waals surface area contributed by atoms with E-state index in [0.29, 0.717) is 0 Å². The van der Waals surface area contributed by atoms with Gasteiger partial charge in [0, 0.05) is 12.8 Å². The van der Waals surface area contributed by atoms with Crippen molar-refractivity contribution in [3.63, 3.8) is 0 Å². The van der Waals surface area contributed by atoms with E-state index in [1.165, 1.54) is 18.2 Å². The number of amides is 1. The fourth-order valence-corrected chi connectivity index (χ4v) is 2.40. The molecule has 20 heavy (non-hydrogen) atoms.